The van der Waals surface area contributed by atoms with Crippen LogP contribution in [0.4, 0.5) is 0 Å². The zero-order valence-corrected chi connectivity index (χ0v) is 12.2. The lowest BCUT2D eigenvalue weighted by Crippen LogP contribution is -2.41. The van der Waals surface area contributed by atoms with E-state index >= 15 is 0 Å². The average molecular weight is 288 g/mol. The van der Waals surface area contributed by atoms with E-state index in [1.165, 1.54) is 0 Å². The van der Waals surface area contributed by atoms with E-state index in [0.29, 0.717) is 46.0 Å². The number of nitrogens with one attached hydrogen (secondary N) is 1. The van der Waals surface area contributed by atoms with Gasteiger partial charge in [-0.15, -0.1) is 0 Å². The third kappa shape index (κ3) is 6.31. The number of hydrogen-bond acceptors (Lipinski definition) is 5. The summed E-state index contributed by atoms with van der Waals surface area (Å²) in [5.74, 6) is -0.149. The molecule has 116 valence electrons. The molecule has 0 saturated carbocycles. The minimum absolute atomic E-state index is 0.0664. The molecule has 20 heavy (non-hydrogen) atoms. The zero-order valence-electron chi connectivity index (χ0n) is 12.2. The Hall–Kier alpha value is -1.18. The van der Waals surface area contributed by atoms with Crippen molar-refractivity contribution in [3.8, 4) is 0 Å². The highest BCUT2D eigenvalue weighted by Gasteiger charge is 2.25. The van der Waals surface area contributed by atoms with Crippen LogP contribution < -0.4 is 5.32 Å². The lowest BCUT2D eigenvalue weighted by Gasteiger charge is -2.26. The summed E-state index contributed by atoms with van der Waals surface area (Å²) >= 11 is 0. The number of hydrogen-bond donors (Lipinski definition) is 1. The maximum Gasteiger partial charge on any atom is 0.242 e. The Balaban J connectivity index is 2.13. The van der Waals surface area contributed by atoms with Crippen molar-refractivity contribution in [1.29, 1.82) is 0 Å². The van der Waals surface area contributed by atoms with Gasteiger partial charge in [-0.3, -0.25) is 9.59 Å². The molecule has 1 saturated heterocycles. The Bertz CT molecular complexity index is 311. The minimum atomic E-state index is -0.0912. The van der Waals surface area contributed by atoms with E-state index in [1.807, 2.05) is 6.92 Å². The molecule has 2 amide bonds. The fourth-order valence-corrected chi connectivity index (χ4v) is 1.94. The van der Waals surface area contributed by atoms with Gasteiger partial charge in [-0.1, -0.05) is 0 Å². The van der Waals surface area contributed by atoms with Gasteiger partial charge in [0.1, 0.15) is 0 Å². The first kappa shape index (κ1) is 16.9. The van der Waals surface area contributed by atoms with Gasteiger partial charge in [0.15, 0.2) is 0 Å². The largest absolute Gasteiger partial charge is 0.382 e. The third-order valence-electron chi connectivity index (χ3n) is 3.05. The van der Waals surface area contributed by atoms with Gasteiger partial charge in [0.05, 0.1) is 39.6 Å². The maximum atomic E-state index is 11.8. The smallest absolute Gasteiger partial charge is 0.242 e. The van der Waals surface area contributed by atoms with Gasteiger partial charge in [-0.25, -0.2) is 0 Å². The topological polar surface area (TPSA) is 77.1 Å². The van der Waals surface area contributed by atoms with Crippen LogP contribution in [0.2, 0.25) is 0 Å². The Morgan fingerprint density at radius 2 is 1.80 bits per heavy atom. The molecule has 0 aliphatic carbocycles. The Labute approximate surface area is 119 Å². The molecule has 1 fully saturated rings. The molecular formula is C13H24N2O5. The van der Waals surface area contributed by atoms with Gasteiger partial charge in [-0.2, -0.15) is 0 Å². The van der Waals surface area contributed by atoms with Crippen molar-refractivity contribution in [2.45, 2.75) is 19.4 Å². The number of amides is 2. The van der Waals surface area contributed by atoms with Crippen LogP contribution in [0.25, 0.3) is 0 Å². The maximum absolute atomic E-state index is 11.8. The van der Waals surface area contributed by atoms with Crippen molar-refractivity contribution >= 4 is 11.8 Å². The van der Waals surface area contributed by atoms with Crippen molar-refractivity contribution < 1.29 is 23.8 Å². The second kappa shape index (κ2) is 9.68. The predicted molar refractivity (Wildman–Crippen MR) is 72.3 cm³/mol. The zero-order chi connectivity index (χ0) is 14.8. The number of carbonyl (C=O) groups is 2. The molecule has 0 aromatic rings. The van der Waals surface area contributed by atoms with E-state index in [4.69, 9.17) is 14.2 Å². The molecule has 1 N–H and O–H groups in total. The number of rotatable bonds is 9. The highest BCUT2D eigenvalue weighted by molar-refractivity contribution is 5.87. The fraction of sp³-hybridized carbons (Fsp3) is 0.846. The fourth-order valence-electron chi connectivity index (χ4n) is 1.94. The molecule has 1 aliphatic heterocycles. The molecule has 1 atom stereocenters. The average Bonchev–Trinajstić information content (AvgIpc) is 2.53. The molecule has 7 heteroatoms. The SMILES string of the molecule is COCCOCCOCCN1C(=O)CNC(=O)CC1C. The van der Waals surface area contributed by atoms with Crippen molar-refractivity contribution in [3.63, 3.8) is 0 Å². The number of carbonyl (C=O) groups excluding carboxylic acids is 2. The summed E-state index contributed by atoms with van der Waals surface area (Å²) in [5, 5.41) is 2.58. The summed E-state index contributed by atoms with van der Waals surface area (Å²) < 4.78 is 15.5. The van der Waals surface area contributed by atoms with Crippen LogP contribution in [0.1, 0.15) is 13.3 Å². The van der Waals surface area contributed by atoms with Crippen molar-refractivity contribution in [2.24, 2.45) is 0 Å². The Morgan fingerprint density at radius 3 is 2.50 bits per heavy atom. The van der Waals surface area contributed by atoms with E-state index in [1.54, 1.807) is 12.0 Å². The van der Waals surface area contributed by atoms with Gasteiger partial charge in [0, 0.05) is 26.1 Å². The second-order valence-corrected chi connectivity index (χ2v) is 4.63. The van der Waals surface area contributed by atoms with E-state index in [0.717, 1.165) is 0 Å². The first-order chi connectivity index (χ1) is 9.65. The van der Waals surface area contributed by atoms with E-state index < -0.39 is 0 Å². The van der Waals surface area contributed by atoms with Crippen LogP contribution in [0.3, 0.4) is 0 Å². The summed E-state index contributed by atoms with van der Waals surface area (Å²) in [7, 11) is 1.62. The molecule has 0 spiro atoms. The van der Waals surface area contributed by atoms with Crippen LogP contribution in [0, 0.1) is 0 Å². The normalized spacial score (nSPS) is 19.9. The molecule has 0 radical (unpaired) electrons. The molecule has 0 aromatic carbocycles. The molecule has 1 heterocycles. The third-order valence-corrected chi connectivity index (χ3v) is 3.05. The first-order valence-corrected chi connectivity index (χ1v) is 6.85. The monoisotopic (exact) mass is 288 g/mol. The van der Waals surface area contributed by atoms with Gasteiger partial charge in [0.25, 0.3) is 0 Å². The lowest BCUT2D eigenvalue weighted by atomic mass is 10.2. The van der Waals surface area contributed by atoms with Gasteiger partial charge < -0.3 is 24.4 Å². The molecule has 0 aromatic heterocycles. The van der Waals surface area contributed by atoms with E-state index in [-0.39, 0.29) is 24.4 Å². The highest BCUT2D eigenvalue weighted by atomic mass is 16.5. The van der Waals surface area contributed by atoms with Crippen LogP contribution in [-0.4, -0.2) is 76.0 Å². The van der Waals surface area contributed by atoms with Crippen molar-refractivity contribution in [3.05, 3.63) is 0 Å². The van der Waals surface area contributed by atoms with Crippen LogP contribution in [-0.2, 0) is 23.8 Å². The summed E-state index contributed by atoms with van der Waals surface area (Å²) in [6, 6.07) is -0.0912. The molecule has 1 aliphatic rings. The number of methoxy groups -OCH3 is 1. The summed E-state index contributed by atoms with van der Waals surface area (Å²) in [6.45, 7) is 4.99. The summed E-state index contributed by atoms with van der Waals surface area (Å²) in [5.41, 5.74) is 0. The van der Waals surface area contributed by atoms with Crippen LogP contribution in [0.15, 0.2) is 0 Å². The van der Waals surface area contributed by atoms with E-state index in [2.05, 4.69) is 5.32 Å². The summed E-state index contributed by atoms with van der Waals surface area (Å²) in [6.07, 6.45) is 0.339. The molecular weight excluding hydrogens is 264 g/mol. The Kier molecular flexibility index (Phi) is 8.17. The van der Waals surface area contributed by atoms with Gasteiger partial charge >= 0.3 is 0 Å². The van der Waals surface area contributed by atoms with Crippen molar-refractivity contribution in [1.82, 2.24) is 10.2 Å². The van der Waals surface area contributed by atoms with Gasteiger partial charge in [0.2, 0.25) is 11.8 Å². The molecule has 0 bridgehead atoms. The minimum Gasteiger partial charge on any atom is -0.382 e. The van der Waals surface area contributed by atoms with Crippen molar-refractivity contribution in [2.75, 3.05) is 53.2 Å². The van der Waals surface area contributed by atoms with Gasteiger partial charge in [-0.05, 0) is 6.92 Å². The molecule has 1 unspecified atom stereocenters. The lowest BCUT2D eigenvalue weighted by molar-refractivity contribution is -0.132. The standard InChI is InChI=1S/C13H24N2O5/c1-11-9-12(16)14-10-13(17)15(11)3-4-19-7-8-20-6-5-18-2/h11H,3-10H2,1-2H3,(H,14,16). The number of ether oxygens (including phenoxy) is 3. The highest BCUT2D eigenvalue weighted by Crippen LogP contribution is 2.07. The number of nitrogens with zero attached hydrogens (tertiary/aromatic N) is 1. The second-order valence-electron chi connectivity index (χ2n) is 4.63. The first-order valence-electron chi connectivity index (χ1n) is 6.85. The van der Waals surface area contributed by atoms with E-state index in [9.17, 15) is 9.59 Å². The summed E-state index contributed by atoms with van der Waals surface area (Å²) in [4.78, 5) is 24.8. The quantitative estimate of drug-likeness (QED) is 0.574. The molecule has 7 nitrogen and oxygen atoms in total. The predicted octanol–water partition coefficient (Wildman–Crippen LogP) is -0.597. The molecule has 1 rings (SSSR count). The Morgan fingerprint density at radius 1 is 1.15 bits per heavy atom. The van der Waals surface area contributed by atoms with Crippen LogP contribution >= 0.6 is 0 Å². The van der Waals surface area contributed by atoms with Crippen LogP contribution in [0.5, 0.6) is 0 Å².